The second-order valence-corrected chi connectivity index (χ2v) is 5.12. The normalized spacial score (nSPS) is 38.8. The largest absolute Gasteiger partial charge is 0.378 e. The predicted octanol–water partition coefficient (Wildman–Crippen LogP) is 2.48. The molecule has 2 nitrogen and oxygen atoms in total. The summed E-state index contributed by atoms with van der Waals surface area (Å²) >= 11 is 0. The van der Waals surface area contributed by atoms with Crippen LogP contribution in [0.25, 0.3) is 0 Å². The van der Waals surface area contributed by atoms with Crippen molar-refractivity contribution in [3.05, 3.63) is 0 Å². The van der Waals surface area contributed by atoms with E-state index in [1.54, 1.807) is 0 Å². The van der Waals surface area contributed by atoms with Crippen LogP contribution in [0.1, 0.15) is 51.9 Å². The van der Waals surface area contributed by atoms with Crippen LogP contribution >= 0.6 is 0 Å². The van der Waals surface area contributed by atoms with Crippen molar-refractivity contribution < 1.29 is 4.74 Å². The lowest BCUT2D eigenvalue weighted by atomic mass is 9.91. The number of hydrogen-bond acceptors (Lipinski definition) is 2. The zero-order chi connectivity index (χ0) is 9.86. The molecular weight excluding hydrogens is 174 g/mol. The molecule has 0 aromatic carbocycles. The SMILES string of the molecule is CC1(CCC2CCCCO2)CCCN1. The fourth-order valence-electron chi connectivity index (χ4n) is 2.69. The van der Waals surface area contributed by atoms with E-state index in [9.17, 15) is 0 Å². The van der Waals surface area contributed by atoms with Gasteiger partial charge in [-0.15, -0.1) is 0 Å². The first kappa shape index (κ1) is 10.4. The Balaban J connectivity index is 1.70. The summed E-state index contributed by atoms with van der Waals surface area (Å²) in [4.78, 5) is 0. The molecule has 2 rings (SSSR count). The highest BCUT2D eigenvalue weighted by Gasteiger charge is 2.28. The van der Waals surface area contributed by atoms with Crippen molar-refractivity contribution in [1.29, 1.82) is 0 Å². The van der Waals surface area contributed by atoms with Gasteiger partial charge in [0.1, 0.15) is 0 Å². The standard InChI is InChI=1S/C12H23NO/c1-12(7-4-9-13-12)8-6-11-5-2-3-10-14-11/h11,13H,2-10H2,1H3. The van der Waals surface area contributed by atoms with Gasteiger partial charge in [0.05, 0.1) is 6.10 Å². The van der Waals surface area contributed by atoms with Crippen LogP contribution in [0.2, 0.25) is 0 Å². The van der Waals surface area contributed by atoms with E-state index in [2.05, 4.69) is 12.2 Å². The molecule has 14 heavy (non-hydrogen) atoms. The molecule has 0 amide bonds. The van der Waals surface area contributed by atoms with Gasteiger partial charge in [-0.1, -0.05) is 0 Å². The second-order valence-electron chi connectivity index (χ2n) is 5.12. The van der Waals surface area contributed by atoms with E-state index in [0.717, 1.165) is 6.61 Å². The molecule has 2 saturated heterocycles. The summed E-state index contributed by atoms with van der Waals surface area (Å²) < 4.78 is 5.75. The summed E-state index contributed by atoms with van der Waals surface area (Å²) in [6.45, 7) is 4.57. The second kappa shape index (κ2) is 4.63. The van der Waals surface area contributed by atoms with Crippen LogP contribution in [0.5, 0.6) is 0 Å². The van der Waals surface area contributed by atoms with Crippen LogP contribution in [0.15, 0.2) is 0 Å². The molecule has 0 aromatic rings. The summed E-state index contributed by atoms with van der Waals surface area (Å²) in [5.74, 6) is 0. The minimum Gasteiger partial charge on any atom is -0.378 e. The monoisotopic (exact) mass is 197 g/mol. The van der Waals surface area contributed by atoms with Crippen molar-refractivity contribution in [2.75, 3.05) is 13.2 Å². The molecule has 0 aromatic heterocycles. The van der Waals surface area contributed by atoms with Gasteiger partial charge in [0, 0.05) is 12.1 Å². The molecule has 2 atom stereocenters. The average Bonchev–Trinajstić information content (AvgIpc) is 2.65. The highest BCUT2D eigenvalue weighted by molar-refractivity contribution is 4.89. The summed E-state index contributed by atoms with van der Waals surface area (Å²) in [7, 11) is 0. The van der Waals surface area contributed by atoms with Crippen LogP contribution in [0.4, 0.5) is 0 Å². The van der Waals surface area contributed by atoms with Gasteiger partial charge in [-0.2, -0.15) is 0 Å². The Bertz CT molecular complexity index is 169. The summed E-state index contributed by atoms with van der Waals surface area (Å²) in [6, 6.07) is 0. The van der Waals surface area contributed by atoms with Crippen LogP contribution in [0, 0.1) is 0 Å². The summed E-state index contributed by atoms with van der Waals surface area (Å²) in [5, 5.41) is 3.62. The third kappa shape index (κ3) is 2.71. The molecule has 0 bridgehead atoms. The molecule has 2 heteroatoms. The molecular formula is C12H23NO. The zero-order valence-electron chi connectivity index (χ0n) is 9.35. The van der Waals surface area contributed by atoms with Gasteiger partial charge in [-0.05, 0) is 58.4 Å². The smallest absolute Gasteiger partial charge is 0.0575 e. The maximum atomic E-state index is 5.75. The fraction of sp³-hybridized carbons (Fsp3) is 1.00. The Morgan fingerprint density at radius 2 is 2.29 bits per heavy atom. The molecule has 2 fully saturated rings. The molecule has 82 valence electrons. The highest BCUT2D eigenvalue weighted by atomic mass is 16.5. The van der Waals surface area contributed by atoms with E-state index in [-0.39, 0.29) is 0 Å². The summed E-state index contributed by atoms with van der Waals surface area (Å²) in [6.07, 6.45) is 9.72. The topological polar surface area (TPSA) is 21.3 Å². The first-order chi connectivity index (χ1) is 6.79. The van der Waals surface area contributed by atoms with Crippen molar-refractivity contribution in [1.82, 2.24) is 5.32 Å². The Labute approximate surface area is 87.4 Å². The first-order valence-corrected chi connectivity index (χ1v) is 6.15. The molecule has 2 heterocycles. The van der Waals surface area contributed by atoms with Crippen molar-refractivity contribution in [3.63, 3.8) is 0 Å². The van der Waals surface area contributed by atoms with Gasteiger partial charge in [0.2, 0.25) is 0 Å². The lowest BCUT2D eigenvalue weighted by Crippen LogP contribution is -2.37. The van der Waals surface area contributed by atoms with Crippen molar-refractivity contribution in [3.8, 4) is 0 Å². The maximum Gasteiger partial charge on any atom is 0.0575 e. The molecule has 2 aliphatic rings. The average molecular weight is 197 g/mol. The zero-order valence-corrected chi connectivity index (χ0v) is 9.35. The number of rotatable bonds is 3. The van der Waals surface area contributed by atoms with Gasteiger partial charge < -0.3 is 10.1 Å². The van der Waals surface area contributed by atoms with Crippen molar-refractivity contribution >= 4 is 0 Å². The lowest BCUT2D eigenvalue weighted by Gasteiger charge is -2.29. The molecule has 0 aliphatic carbocycles. The van der Waals surface area contributed by atoms with Crippen molar-refractivity contribution in [2.45, 2.75) is 63.5 Å². The lowest BCUT2D eigenvalue weighted by molar-refractivity contribution is 0.00640. The van der Waals surface area contributed by atoms with Crippen molar-refractivity contribution in [2.24, 2.45) is 0 Å². The Morgan fingerprint density at radius 3 is 2.93 bits per heavy atom. The van der Waals surface area contributed by atoms with Gasteiger partial charge in [0.15, 0.2) is 0 Å². The third-order valence-electron chi connectivity index (χ3n) is 3.75. The minimum atomic E-state index is 0.417. The van der Waals surface area contributed by atoms with Crippen LogP contribution < -0.4 is 5.32 Å². The number of ether oxygens (including phenoxy) is 1. The van der Waals surface area contributed by atoms with Crippen LogP contribution in [-0.2, 0) is 4.74 Å². The van der Waals surface area contributed by atoms with Gasteiger partial charge in [-0.3, -0.25) is 0 Å². The number of hydrogen-bond donors (Lipinski definition) is 1. The van der Waals surface area contributed by atoms with E-state index in [4.69, 9.17) is 4.74 Å². The third-order valence-corrected chi connectivity index (χ3v) is 3.75. The Morgan fingerprint density at radius 1 is 1.36 bits per heavy atom. The molecule has 2 aliphatic heterocycles. The van der Waals surface area contributed by atoms with E-state index in [1.165, 1.54) is 51.5 Å². The molecule has 1 N–H and O–H groups in total. The van der Waals surface area contributed by atoms with Crippen LogP contribution in [-0.4, -0.2) is 24.8 Å². The summed E-state index contributed by atoms with van der Waals surface area (Å²) in [5.41, 5.74) is 0.417. The molecule has 0 radical (unpaired) electrons. The molecule has 0 saturated carbocycles. The Hall–Kier alpha value is -0.0800. The molecule has 2 unspecified atom stereocenters. The van der Waals surface area contributed by atoms with E-state index >= 15 is 0 Å². The molecule has 0 spiro atoms. The van der Waals surface area contributed by atoms with Gasteiger partial charge >= 0.3 is 0 Å². The predicted molar refractivity (Wildman–Crippen MR) is 58.5 cm³/mol. The van der Waals surface area contributed by atoms with E-state index in [0.29, 0.717) is 11.6 Å². The highest BCUT2D eigenvalue weighted by Crippen LogP contribution is 2.27. The Kier molecular flexibility index (Phi) is 3.45. The fourth-order valence-corrected chi connectivity index (χ4v) is 2.69. The van der Waals surface area contributed by atoms with Crippen LogP contribution in [0.3, 0.4) is 0 Å². The first-order valence-electron chi connectivity index (χ1n) is 6.15. The van der Waals surface area contributed by atoms with E-state index < -0.39 is 0 Å². The number of nitrogens with one attached hydrogen (secondary N) is 1. The minimum absolute atomic E-state index is 0.417. The maximum absolute atomic E-state index is 5.75. The van der Waals surface area contributed by atoms with E-state index in [1.807, 2.05) is 0 Å². The quantitative estimate of drug-likeness (QED) is 0.750. The van der Waals surface area contributed by atoms with Gasteiger partial charge in [-0.25, -0.2) is 0 Å². The van der Waals surface area contributed by atoms with Gasteiger partial charge in [0.25, 0.3) is 0 Å².